The Hall–Kier alpha value is -2.17. The van der Waals surface area contributed by atoms with Crippen molar-refractivity contribution in [2.45, 2.75) is 44.9 Å². The lowest BCUT2D eigenvalue weighted by atomic mass is 9.81. The average Bonchev–Trinajstić information content (AvgIpc) is 2.93. The summed E-state index contributed by atoms with van der Waals surface area (Å²) < 4.78 is 2.06. The molecule has 152 valence electrons. The molecule has 29 heavy (non-hydrogen) atoms. The number of hydrogen-bond donors (Lipinski definition) is 0. The molecule has 2 aliphatic rings. The zero-order valence-electron chi connectivity index (χ0n) is 17.6. The van der Waals surface area contributed by atoms with Crippen molar-refractivity contribution in [2.75, 3.05) is 20.1 Å². The first-order valence-corrected chi connectivity index (χ1v) is 10.6. The summed E-state index contributed by atoms with van der Waals surface area (Å²) >= 11 is 6.37. The van der Waals surface area contributed by atoms with Gasteiger partial charge >= 0.3 is 0 Å². The Labute approximate surface area is 177 Å². The third-order valence-corrected chi connectivity index (χ3v) is 6.91. The standard InChI is InChI=1S/C24H28ClN3O/c1-6-18(25)21-19(7-2)28-20-9-8-16(15-10-12-27(5)13-11-15)14-17(20)24(3,4)23(28)26-22(21)29/h6-9,14-15H,2,10-13H2,1,3-5H3/b18-6+. The van der Waals surface area contributed by atoms with Gasteiger partial charge in [-0.05, 0) is 82.9 Å². The predicted molar refractivity (Wildman–Crippen MR) is 121 cm³/mol. The van der Waals surface area contributed by atoms with Gasteiger partial charge in [0.15, 0.2) is 0 Å². The van der Waals surface area contributed by atoms with E-state index in [9.17, 15) is 4.79 Å². The fraction of sp³-hybridized carbons (Fsp3) is 0.417. The molecule has 1 saturated heterocycles. The second kappa shape index (κ2) is 7.26. The van der Waals surface area contributed by atoms with Gasteiger partial charge in [-0.2, -0.15) is 4.98 Å². The number of nitrogens with zero attached hydrogens (tertiary/aromatic N) is 3. The molecule has 3 heterocycles. The van der Waals surface area contributed by atoms with Crippen molar-refractivity contribution in [3.63, 3.8) is 0 Å². The third-order valence-electron chi connectivity index (χ3n) is 6.50. The maximum Gasteiger partial charge on any atom is 0.282 e. The maximum atomic E-state index is 12.8. The zero-order valence-corrected chi connectivity index (χ0v) is 18.4. The van der Waals surface area contributed by atoms with Crippen molar-refractivity contribution in [2.24, 2.45) is 0 Å². The van der Waals surface area contributed by atoms with E-state index in [-0.39, 0.29) is 11.0 Å². The number of halogens is 1. The van der Waals surface area contributed by atoms with E-state index in [0.717, 1.165) is 24.6 Å². The summed E-state index contributed by atoms with van der Waals surface area (Å²) in [6, 6.07) is 6.74. The first kappa shape index (κ1) is 20.1. The van der Waals surface area contributed by atoms with Crippen molar-refractivity contribution >= 4 is 22.7 Å². The van der Waals surface area contributed by atoms with Crippen LogP contribution in [0.5, 0.6) is 0 Å². The molecule has 1 fully saturated rings. The number of hydrogen-bond acceptors (Lipinski definition) is 3. The molecular formula is C24H28ClN3O. The van der Waals surface area contributed by atoms with Crippen LogP contribution in [0.15, 0.2) is 35.6 Å². The Kier molecular flexibility index (Phi) is 5.04. The summed E-state index contributed by atoms with van der Waals surface area (Å²) in [4.78, 5) is 19.7. The van der Waals surface area contributed by atoms with Gasteiger partial charge in [-0.3, -0.25) is 9.36 Å². The molecule has 0 atom stereocenters. The lowest BCUT2D eigenvalue weighted by Gasteiger charge is -2.30. The van der Waals surface area contributed by atoms with Crippen LogP contribution < -0.4 is 5.56 Å². The number of piperidine rings is 1. The van der Waals surface area contributed by atoms with E-state index >= 15 is 0 Å². The maximum absolute atomic E-state index is 12.8. The van der Waals surface area contributed by atoms with Crippen LogP contribution in [0.1, 0.15) is 67.7 Å². The van der Waals surface area contributed by atoms with E-state index in [1.165, 1.54) is 24.0 Å². The van der Waals surface area contributed by atoms with Crippen LogP contribution in [0.2, 0.25) is 0 Å². The topological polar surface area (TPSA) is 38.1 Å². The molecule has 0 spiro atoms. The predicted octanol–water partition coefficient (Wildman–Crippen LogP) is 4.92. The van der Waals surface area contributed by atoms with Gasteiger partial charge in [0.05, 0.1) is 27.4 Å². The fourth-order valence-corrected chi connectivity index (χ4v) is 4.91. The highest BCUT2D eigenvalue weighted by atomic mass is 35.5. The molecule has 0 N–H and O–H groups in total. The molecule has 2 aromatic rings. The van der Waals surface area contributed by atoms with E-state index in [1.807, 2.05) is 6.92 Å². The van der Waals surface area contributed by atoms with E-state index in [2.05, 4.69) is 60.1 Å². The highest BCUT2D eigenvalue weighted by Crippen LogP contribution is 2.44. The van der Waals surface area contributed by atoms with Crippen LogP contribution in [0.4, 0.5) is 0 Å². The second-order valence-corrected chi connectivity index (χ2v) is 9.06. The SMILES string of the molecule is C=Cc1c(/C(Cl)=C\C)c(=O)nc2n1-c1ccc(C3CCN(C)CC3)cc1C2(C)C. The van der Waals surface area contributed by atoms with Crippen molar-refractivity contribution < 1.29 is 0 Å². The average molecular weight is 410 g/mol. The van der Waals surface area contributed by atoms with E-state index in [4.69, 9.17) is 11.6 Å². The quantitative estimate of drug-likeness (QED) is 0.721. The van der Waals surface area contributed by atoms with Crippen LogP contribution in [0, 0.1) is 0 Å². The van der Waals surface area contributed by atoms with Crippen molar-refractivity contribution in [1.82, 2.24) is 14.5 Å². The summed E-state index contributed by atoms with van der Waals surface area (Å²) in [6.45, 7) is 12.3. The molecule has 0 saturated carbocycles. The highest BCUT2D eigenvalue weighted by Gasteiger charge is 2.40. The van der Waals surface area contributed by atoms with Crippen molar-refractivity contribution in [3.8, 4) is 5.69 Å². The van der Waals surface area contributed by atoms with Crippen LogP contribution >= 0.6 is 11.6 Å². The van der Waals surface area contributed by atoms with E-state index in [0.29, 0.717) is 22.2 Å². The number of likely N-dealkylation sites (tertiary alicyclic amines) is 1. The van der Waals surface area contributed by atoms with Crippen LogP contribution in [-0.2, 0) is 5.41 Å². The van der Waals surface area contributed by atoms with Crippen molar-refractivity contribution in [1.29, 1.82) is 0 Å². The van der Waals surface area contributed by atoms with Gasteiger partial charge in [0.25, 0.3) is 5.56 Å². The summed E-state index contributed by atoms with van der Waals surface area (Å²) in [5, 5.41) is 0.405. The van der Waals surface area contributed by atoms with Gasteiger partial charge in [0.2, 0.25) is 0 Å². The summed E-state index contributed by atoms with van der Waals surface area (Å²) in [5.74, 6) is 1.33. The molecule has 0 bridgehead atoms. The normalized spacial score (nSPS) is 19.1. The molecule has 2 aliphatic heterocycles. The van der Waals surface area contributed by atoms with Crippen LogP contribution in [-0.4, -0.2) is 34.6 Å². The molecule has 0 aliphatic carbocycles. The number of allylic oxidation sites excluding steroid dienone is 1. The largest absolute Gasteiger partial charge is 0.306 e. The molecule has 1 aromatic carbocycles. The van der Waals surface area contributed by atoms with Crippen molar-refractivity contribution in [3.05, 3.63) is 69.4 Å². The lowest BCUT2D eigenvalue weighted by molar-refractivity contribution is 0.255. The van der Waals surface area contributed by atoms with Gasteiger partial charge in [0.1, 0.15) is 5.82 Å². The first-order chi connectivity index (χ1) is 13.8. The second-order valence-electron chi connectivity index (χ2n) is 8.66. The number of aromatic nitrogens is 2. The molecular weight excluding hydrogens is 382 g/mol. The Morgan fingerprint density at radius 2 is 2.00 bits per heavy atom. The number of rotatable bonds is 3. The zero-order chi connectivity index (χ0) is 20.9. The van der Waals surface area contributed by atoms with E-state index < -0.39 is 0 Å². The van der Waals surface area contributed by atoms with Gasteiger partial charge in [-0.15, -0.1) is 0 Å². The smallest absolute Gasteiger partial charge is 0.282 e. The third kappa shape index (κ3) is 3.10. The first-order valence-electron chi connectivity index (χ1n) is 10.2. The molecule has 0 radical (unpaired) electrons. The van der Waals surface area contributed by atoms with Gasteiger partial charge in [-0.1, -0.05) is 36.4 Å². The Morgan fingerprint density at radius 3 is 2.62 bits per heavy atom. The molecule has 0 unspecified atom stereocenters. The minimum atomic E-state index is -0.366. The number of benzene rings is 1. The van der Waals surface area contributed by atoms with Gasteiger partial charge < -0.3 is 4.90 Å². The molecule has 4 rings (SSSR count). The Balaban J connectivity index is 1.91. The molecule has 5 heteroatoms. The number of fused-ring (bicyclic) bond motifs is 3. The highest BCUT2D eigenvalue weighted by molar-refractivity contribution is 6.48. The molecule has 1 aromatic heterocycles. The molecule has 0 amide bonds. The van der Waals surface area contributed by atoms with Crippen LogP contribution in [0.3, 0.4) is 0 Å². The van der Waals surface area contributed by atoms with Gasteiger partial charge in [-0.25, -0.2) is 0 Å². The summed E-state index contributed by atoms with van der Waals surface area (Å²) in [7, 11) is 2.19. The molecule has 4 nitrogen and oxygen atoms in total. The fourth-order valence-electron chi connectivity index (χ4n) is 4.73. The summed E-state index contributed by atoms with van der Waals surface area (Å²) in [5.41, 5.74) is 4.11. The Morgan fingerprint density at radius 1 is 1.31 bits per heavy atom. The van der Waals surface area contributed by atoms with Gasteiger partial charge in [0, 0.05) is 0 Å². The minimum absolute atomic E-state index is 0.300. The minimum Gasteiger partial charge on any atom is -0.306 e. The Bertz CT molecular complexity index is 1070. The van der Waals surface area contributed by atoms with Crippen LogP contribution in [0.25, 0.3) is 16.8 Å². The van der Waals surface area contributed by atoms with E-state index in [1.54, 1.807) is 12.2 Å². The lowest BCUT2D eigenvalue weighted by Crippen LogP contribution is -2.29. The summed E-state index contributed by atoms with van der Waals surface area (Å²) in [6.07, 6.45) is 5.80. The monoisotopic (exact) mass is 409 g/mol.